The van der Waals surface area contributed by atoms with E-state index in [0.717, 1.165) is 57.8 Å². The van der Waals surface area contributed by atoms with Gasteiger partial charge in [0.25, 0.3) is 0 Å². The first kappa shape index (κ1) is 23.3. The first-order valence-corrected chi connectivity index (χ1v) is 10.7. The maximum Gasteiger partial charge on any atom is 0.203 e. The largest absolute Gasteiger partial charge is 0.490 e. The minimum Gasteiger partial charge on any atom is -0.490 e. The van der Waals surface area contributed by atoms with Crippen LogP contribution in [0.3, 0.4) is 0 Å². The van der Waals surface area contributed by atoms with Gasteiger partial charge in [0.2, 0.25) is 5.75 Å². The van der Waals surface area contributed by atoms with E-state index in [2.05, 4.69) is 20.8 Å². The van der Waals surface area contributed by atoms with Crippen molar-refractivity contribution in [1.29, 1.82) is 0 Å². The van der Waals surface area contributed by atoms with Crippen molar-refractivity contribution in [3.63, 3.8) is 0 Å². The summed E-state index contributed by atoms with van der Waals surface area (Å²) in [5.41, 5.74) is 0.604. The molecular weight excluding hydrogens is 340 g/mol. The molecule has 0 aromatic heterocycles. The molecule has 0 aliphatic heterocycles. The molecule has 0 atom stereocenters. The highest BCUT2D eigenvalue weighted by molar-refractivity contribution is 5.95. The van der Waals surface area contributed by atoms with Crippen LogP contribution >= 0.6 is 0 Å². The number of ketones is 1. The smallest absolute Gasteiger partial charge is 0.203 e. The molecular formula is C23H38O4. The Morgan fingerprint density at radius 1 is 0.704 bits per heavy atom. The van der Waals surface area contributed by atoms with Crippen molar-refractivity contribution >= 4 is 5.78 Å². The summed E-state index contributed by atoms with van der Waals surface area (Å²) in [6.07, 6.45) is 9.78. The Kier molecular flexibility index (Phi) is 12.4. The van der Waals surface area contributed by atoms with Gasteiger partial charge in [-0.05, 0) is 38.3 Å². The lowest BCUT2D eigenvalue weighted by atomic mass is 10.1. The van der Waals surface area contributed by atoms with Gasteiger partial charge in [-0.1, -0.05) is 59.3 Å². The van der Waals surface area contributed by atoms with Crippen molar-refractivity contribution in [2.24, 2.45) is 0 Å². The van der Waals surface area contributed by atoms with Crippen molar-refractivity contribution in [2.75, 3.05) is 19.8 Å². The van der Waals surface area contributed by atoms with Crippen LogP contribution < -0.4 is 14.2 Å². The van der Waals surface area contributed by atoms with Crippen LogP contribution in [0.1, 0.15) is 95.8 Å². The monoisotopic (exact) mass is 378 g/mol. The van der Waals surface area contributed by atoms with Crippen molar-refractivity contribution in [1.82, 2.24) is 0 Å². The molecule has 0 N–H and O–H groups in total. The molecule has 0 aliphatic rings. The van der Waals surface area contributed by atoms with Crippen LogP contribution in [0, 0.1) is 0 Å². The lowest BCUT2D eigenvalue weighted by Gasteiger charge is -2.18. The number of carbonyl (C=O) groups excluding carboxylic acids is 1. The van der Waals surface area contributed by atoms with Crippen LogP contribution in [0.25, 0.3) is 0 Å². The zero-order valence-corrected chi connectivity index (χ0v) is 17.8. The van der Waals surface area contributed by atoms with Gasteiger partial charge in [-0.2, -0.15) is 0 Å². The Morgan fingerprint density at radius 3 is 1.48 bits per heavy atom. The molecule has 0 saturated heterocycles. The normalized spacial score (nSPS) is 10.7. The van der Waals surface area contributed by atoms with E-state index in [0.29, 0.717) is 42.6 Å². The Bertz CT molecular complexity index is 506. The van der Waals surface area contributed by atoms with Crippen LogP contribution in [0.2, 0.25) is 0 Å². The van der Waals surface area contributed by atoms with Crippen molar-refractivity contribution < 1.29 is 19.0 Å². The van der Waals surface area contributed by atoms with Gasteiger partial charge < -0.3 is 14.2 Å². The fourth-order valence-corrected chi connectivity index (χ4v) is 2.73. The van der Waals surface area contributed by atoms with Gasteiger partial charge in [0, 0.05) is 5.56 Å². The van der Waals surface area contributed by atoms with Crippen molar-refractivity contribution in [3.8, 4) is 17.2 Å². The predicted octanol–water partition coefficient (Wildman–Crippen LogP) is 6.60. The third-order valence-corrected chi connectivity index (χ3v) is 4.43. The van der Waals surface area contributed by atoms with Crippen LogP contribution in [0.4, 0.5) is 0 Å². The molecule has 154 valence electrons. The zero-order valence-electron chi connectivity index (χ0n) is 17.8. The summed E-state index contributed by atoms with van der Waals surface area (Å²) in [6, 6.07) is 3.59. The molecule has 1 aromatic carbocycles. The highest BCUT2D eigenvalue weighted by Gasteiger charge is 2.17. The van der Waals surface area contributed by atoms with Gasteiger partial charge in [0.15, 0.2) is 17.3 Å². The molecule has 0 radical (unpaired) electrons. The lowest BCUT2D eigenvalue weighted by Crippen LogP contribution is -2.08. The zero-order chi connectivity index (χ0) is 19.9. The van der Waals surface area contributed by atoms with Gasteiger partial charge in [0.05, 0.1) is 19.8 Å². The van der Waals surface area contributed by atoms with Crippen molar-refractivity contribution in [2.45, 2.75) is 85.5 Å². The SMILES string of the molecule is CCCCCOc1cc(C(C)=O)cc(OCCCCC)c1OCCCCC. The van der Waals surface area contributed by atoms with E-state index >= 15 is 0 Å². The quantitative estimate of drug-likeness (QED) is 0.240. The summed E-state index contributed by atoms with van der Waals surface area (Å²) >= 11 is 0. The minimum atomic E-state index is 0.00403. The Balaban J connectivity index is 2.99. The van der Waals surface area contributed by atoms with E-state index in [-0.39, 0.29) is 5.78 Å². The summed E-state index contributed by atoms with van der Waals surface area (Å²) in [5, 5.41) is 0. The summed E-state index contributed by atoms with van der Waals surface area (Å²) in [5.74, 6) is 1.90. The fourth-order valence-electron chi connectivity index (χ4n) is 2.73. The van der Waals surface area contributed by atoms with Crippen LogP contribution in [-0.2, 0) is 0 Å². The highest BCUT2D eigenvalue weighted by Crippen LogP contribution is 2.39. The average molecular weight is 379 g/mol. The second-order valence-corrected chi connectivity index (χ2v) is 7.02. The molecule has 4 heteroatoms. The molecule has 0 unspecified atom stereocenters. The number of carbonyl (C=O) groups is 1. The summed E-state index contributed by atoms with van der Waals surface area (Å²) in [4.78, 5) is 12.0. The van der Waals surface area contributed by atoms with Gasteiger partial charge >= 0.3 is 0 Å². The number of benzene rings is 1. The fraction of sp³-hybridized carbons (Fsp3) is 0.696. The Hall–Kier alpha value is -1.71. The Morgan fingerprint density at radius 2 is 1.11 bits per heavy atom. The number of hydrogen-bond donors (Lipinski definition) is 0. The number of rotatable bonds is 16. The molecule has 0 aliphatic carbocycles. The van der Waals surface area contributed by atoms with Crippen LogP contribution in [-0.4, -0.2) is 25.6 Å². The second-order valence-electron chi connectivity index (χ2n) is 7.02. The third-order valence-electron chi connectivity index (χ3n) is 4.43. The average Bonchev–Trinajstić information content (AvgIpc) is 2.66. The van der Waals surface area contributed by atoms with Gasteiger partial charge in [-0.25, -0.2) is 0 Å². The van der Waals surface area contributed by atoms with Crippen molar-refractivity contribution in [3.05, 3.63) is 17.7 Å². The highest BCUT2D eigenvalue weighted by atomic mass is 16.5. The van der Waals surface area contributed by atoms with Gasteiger partial charge in [0.1, 0.15) is 0 Å². The van der Waals surface area contributed by atoms with E-state index in [9.17, 15) is 4.79 Å². The number of unbranched alkanes of at least 4 members (excludes halogenated alkanes) is 6. The standard InChI is InChI=1S/C23H38O4/c1-5-8-11-14-25-21-17-20(19(4)24)18-22(26-15-12-9-6-2)23(21)27-16-13-10-7-3/h17-18H,5-16H2,1-4H3. The number of ether oxygens (including phenoxy) is 3. The maximum absolute atomic E-state index is 12.0. The molecule has 0 spiro atoms. The van der Waals surface area contributed by atoms with Crippen LogP contribution in [0.15, 0.2) is 12.1 Å². The molecule has 0 saturated carbocycles. The topological polar surface area (TPSA) is 44.8 Å². The van der Waals surface area contributed by atoms with Gasteiger partial charge in [-0.3, -0.25) is 4.79 Å². The Labute approximate surface area is 165 Å². The third kappa shape index (κ3) is 9.16. The first-order valence-electron chi connectivity index (χ1n) is 10.7. The summed E-state index contributed by atoms with van der Waals surface area (Å²) in [6.45, 7) is 9.95. The van der Waals surface area contributed by atoms with E-state index in [4.69, 9.17) is 14.2 Å². The van der Waals surface area contributed by atoms with Gasteiger partial charge in [-0.15, -0.1) is 0 Å². The molecule has 0 fully saturated rings. The molecule has 1 rings (SSSR count). The molecule has 0 amide bonds. The van der Waals surface area contributed by atoms with E-state index in [1.54, 1.807) is 19.1 Å². The first-order chi connectivity index (χ1) is 13.1. The minimum absolute atomic E-state index is 0.00403. The maximum atomic E-state index is 12.0. The lowest BCUT2D eigenvalue weighted by molar-refractivity contribution is 0.101. The summed E-state index contributed by atoms with van der Waals surface area (Å²) in [7, 11) is 0. The second kappa shape index (κ2) is 14.4. The molecule has 4 nitrogen and oxygen atoms in total. The van der Waals surface area contributed by atoms with E-state index < -0.39 is 0 Å². The molecule has 0 heterocycles. The predicted molar refractivity (Wildman–Crippen MR) is 112 cm³/mol. The summed E-state index contributed by atoms with van der Waals surface area (Å²) < 4.78 is 18.1. The molecule has 1 aromatic rings. The molecule has 27 heavy (non-hydrogen) atoms. The van der Waals surface area contributed by atoms with E-state index in [1.165, 1.54) is 0 Å². The molecule has 0 bridgehead atoms. The van der Waals surface area contributed by atoms with E-state index in [1.807, 2.05) is 0 Å². The number of hydrogen-bond acceptors (Lipinski definition) is 4. The van der Waals surface area contributed by atoms with Crippen LogP contribution in [0.5, 0.6) is 17.2 Å². The number of Topliss-reactive ketones (excluding diaryl/α,β-unsaturated/α-hetero) is 1.